The number of nitrogens with zero attached hydrogens (tertiary/aromatic N) is 2. The number of aromatic nitrogens is 1. The molecule has 2 rings (SSSR count). The number of nitriles is 1. The Bertz CT molecular complexity index is 460. The van der Waals surface area contributed by atoms with Crippen molar-refractivity contribution in [3.8, 4) is 6.07 Å². The topological polar surface area (TPSA) is 36.7 Å². The van der Waals surface area contributed by atoms with E-state index in [4.69, 9.17) is 11.6 Å². The predicted octanol–water partition coefficient (Wildman–Crippen LogP) is 3.83. The molecular formula is C14H17ClN2. The van der Waals surface area contributed by atoms with E-state index < -0.39 is 0 Å². The van der Waals surface area contributed by atoms with Gasteiger partial charge in [-0.1, -0.05) is 31.4 Å². The standard InChI is InChI=1S/C14H17ClN2/c1-2-13-11-8-6-4-3-5-7-10(11)12(9-16)14(15)17-13/h2-8H2,1H3. The molecule has 0 fully saturated rings. The summed E-state index contributed by atoms with van der Waals surface area (Å²) in [5.74, 6) is 0. The highest BCUT2D eigenvalue weighted by Gasteiger charge is 2.18. The maximum Gasteiger partial charge on any atom is 0.147 e. The monoisotopic (exact) mass is 248 g/mol. The quantitative estimate of drug-likeness (QED) is 0.709. The summed E-state index contributed by atoms with van der Waals surface area (Å²) in [6.07, 6.45) is 7.83. The first kappa shape index (κ1) is 12.4. The van der Waals surface area contributed by atoms with E-state index in [1.807, 2.05) is 0 Å². The molecule has 17 heavy (non-hydrogen) atoms. The van der Waals surface area contributed by atoms with Crippen molar-refractivity contribution in [1.82, 2.24) is 4.98 Å². The van der Waals surface area contributed by atoms with Crippen LogP contribution in [0.3, 0.4) is 0 Å². The SMILES string of the molecule is CCc1nc(Cl)c(C#N)c2c1CCCCCC2. The maximum atomic E-state index is 9.23. The van der Waals surface area contributed by atoms with Gasteiger partial charge in [0.1, 0.15) is 11.2 Å². The molecule has 1 aromatic heterocycles. The van der Waals surface area contributed by atoms with Crippen molar-refractivity contribution in [2.75, 3.05) is 0 Å². The predicted molar refractivity (Wildman–Crippen MR) is 69.2 cm³/mol. The van der Waals surface area contributed by atoms with Crippen LogP contribution in [0, 0.1) is 11.3 Å². The Kier molecular flexibility index (Phi) is 4.02. The first-order valence-corrected chi connectivity index (χ1v) is 6.76. The van der Waals surface area contributed by atoms with Gasteiger partial charge in [0, 0.05) is 5.69 Å². The summed E-state index contributed by atoms with van der Waals surface area (Å²) in [4.78, 5) is 4.39. The molecule has 0 N–H and O–H groups in total. The van der Waals surface area contributed by atoms with Crippen LogP contribution in [0.1, 0.15) is 55.0 Å². The molecule has 3 heteroatoms. The average molecular weight is 249 g/mol. The van der Waals surface area contributed by atoms with E-state index in [1.54, 1.807) is 0 Å². The molecule has 0 spiro atoms. The minimum atomic E-state index is 0.392. The number of pyridine rings is 1. The number of halogens is 1. The summed E-state index contributed by atoms with van der Waals surface area (Å²) in [7, 11) is 0. The lowest BCUT2D eigenvalue weighted by atomic mass is 9.89. The minimum Gasteiger partial charge on any atom is -0.239 e. The van der Waals surface area contributed by atoms with Gasteiger partial charge in [0.05, 0.1) is 5.56 Å². The molecule has 0 radical (unpaired) electrons. The Morgan fingerprint density at radius 1 is 1.18 bits per heavy atom. The Morgan fingerprint density at radius 2 is 1.82 bits per heavy atom. The lowest BCUT2D eigenvalue weighted by Gasteiger charge is -2.18. The van der Waals surface area contributed by atoms with Crippen molar-refractivity contribution < 1.29 is 0 Å². The van der Waals surface area contributed by atoms with Gasteiger partial charge in [-0.05, 0) is 43.2 Å². The second kappa shape index (κ2) is 5.51. The first-order chi connectivity index (χ1) is 8.27. The van der Waals surface area contributed by atoms with Crippen LogP contribution in [0.5, 0.6) is 0 Å². The normalized spacial score (nSPS) is 15.6. The molecule has 0 bridgehead atoms. The molecule has 90 valence electrons. The van der Waals surface area contributed by atoms with E-state index in [1.165, 1.54) is 30.4 Å². The van der Waals surface area contributed by atoms with E-state index in [9.17, 15) is 5.26 Å². The van der Waals surface area contributed by atoms with Crippen molar-refractivity contribution in [2.24, 2.45) is 0 Å². The van der Waals surface area contributed by atoms with E-state index in [-0.39, 0.29) is 0 Å². The molecule has 0 saturated carbocycles. The molecule has 0 unspecified atom stereocenters. The largest absolute Gasteiger partial charge is 0.239 e. The number of aryl methyl sites for hydroxylation is 1. The zero-order valence-corrected chi connectivity index (χ0v) is 11.0. The Labute approximate surface area is 108 Å². The summed E-state index contributed by atoms with van der Waals surface area (Å²) < 4.78 is 0. The van der Waals surface area contributed by atoms with Gasteiger partial charge in [-0.25, -0.2) is 4.98 Å². The zero-order chi connectivity index (χ0) is 12.3. The second-order valence-corrected chi connectivity index (χ2v) is 4.92. The lowest BCUT2D eigenvalue weighted by molar-refractivity contribution is 0.611. The Hall–Kier alpha value is -1.07. The van der Waals surface area contributed by atoms with Gasteiger partial charge in [0.2, 0.25) is 0 Å². The van der Waals surface area contributed by atoms with Crippen molar-refractivity contribution >= 4 is 11.6 Å². The van der Waals surface area contributed by atoms with Crippen molar-refractivity contribution in [3.63, 3.8) is 0 Å². The fourth-order valence-electron chi connectivity index (χ4n) is 2.63. The van der Waals surface area contributed by atoms with Crippen LogP contribution in [0.25, 0.3) is 0 Å². The molecule has 0 saturated heterocycles. The van der Waals surface area contributed by atoms with Crippen LogP contribution >= 0.6 is 11.6 Å². The third-order valence-electron chi connectivity index (χ3n) is 3.50. The van der Waals surface area contributed by atoms with E-state index in [2.05, 4.69) is 18.0 Å². The number of fused-ring (bicyclic) bond motifs is 1. The molecule has 1 aromatic rings. The van der Waals surface area contributed by atoms with E-state index in [0.717, 1.165) is 31.4 Å². The Balaban J connectivity index is 2.58. The summed E-state index contributed by atoms with van der Waals surface area (Å²) >= 11 is 6.11. The first-order valence-electron chi connectivity index (χ1n) is 6.38. The molecule has 0 atom stereocenters. The van der Waals surface area contributed by atoms with Gasteiger partial charge in [-0.15, -0.1) is 0 Å². The Morgan fingerprint density at radius 3 is 2.41 bits per heavy atom. The van der Waals surface area contributed by atoms with Crippen molar-refractivity contribution in [1.29, 1.82) is 5.26 Å². The van der Waals surface area contributed by atoms with Crippen molar-refractivity contribution in [3.05, 3.63) is 27.5 Å². The highest BCUT2D eigenvalue weighted by Crippen LogP contribution is 2.29. The average Bonchev–Trinajstić information content (AvgIpc) is 2.30. The fraction of sp³-hybridized carbons (Fsp3) is 0.571. The van der Waals surface area contributed by atoms with Gasteiger partial charge in [0.25, 0.3) is 0 Å². The minimum absolute atomic E-state index is 0.392. The second-order valence-electron chi connectivity index (χ2n) is 4.56. The summed E-state index contributed by atoms with van der Waals surface area (Å²) in [6, 6.07) is 2.23. The summed E-state index contributed by atoms with van der Waals surface area (Å²) in [5, 5.41) is 9.62. The highest BCUT2D eigenvalue weighted by molar-refractivity contribution is 6.30. The van der Waals surface area contributed by atoms with Gasteiger partial charge in [-0.3, -0.25) is 0 Å². The smallest absolute Gasteiger partial charge is 0.147 e. The zero-order valence-electron chi connectivity index (χ0n) is 10.2. The lowest BCUT2D eigenvalue weighted by Crippen LogP contribution is -2.09. The van der Waals surface area contributed by atoms with Gasteiger partial charge in [-0.2, -0.15) is 5.26 Å². The van der Waals surface area contributed by atoms with Gasteiger partial charge >= 0.3 is 0 Å². The molecule has 1 aliphatic carbocycles. The third kappa shape index (κ3) is 2.45. The van der Waals surface area contributed by atoms with Crippen LogP contribution in [-0.2, 0) is 19.3 Å². The van der Waals surface area contributed by atoms with Crippen LogP contribution in [0.4, 0.5) is 0 Å². The van der Waals surface area contributed by atoms with Crippen LogP contribution < -0.4 is 0 Å². The van der Waals surface area contributed by atoms with Crippen LogP contribution in [0.2, 0.25) is 5.15 Å². The number of rotatable bonds is 1. The van der Waals surface area contributed by atoms with E-state index in [0.29, 0.717) is 10.7 Å². The molecule has 1 aliphatic rings. The van der Waals surface area contributed by atoms with Crippen LogP contribution in [0.15, 0.2) is 0 Å². The molecule has 0 aromatic carbocycles. The fourth-order valence-corrected chi connectivity index (χ4v) is 2.88. The van der Waals surface area contributed by atoms with Crippen LogP contribution in [-0.4, -0.2) is 4.98 Å². The molecule has 2 nitrogen and oxygen atoms in total. The molecule has 0 amide bonds. The summed E-state index contributed by atoms with van der Waals surface area (Å²) in [6.45, 7) is 2.10. The molecular weight excluding hydrogens is 232 g/mol. The highest BCUT2D eigenvalue weighted by atomic mass is 35.5. The van der Waals surface area contributed by atoms with Crippen molar-refractivity contribution in [2.45, 2.75) is 51.9 Å². The molecule has 1 heterocycles. The van der Waals surface area contributed by atoms with Gasteiger partial charge in [0.15, 0.2) is 0 Å². The molecule has 0 aliphatic heterocycles. The third-order valence-corrected chi connectivity index (χ3v) is 3.78. The van der Waals surface area contributed by atoms with E-state index >= 15 is 0 Å². The number of hydrogen-bond donors (Lipinski definition) is 0. The van der Waals surface area contributed by atoms with Gasteiger partial charge < -0.3 is 0 Å². The maximum absolute atomic E-state index is 9.23. The summed E-state index contributed by atoms with van der Waals surface area (Å²) in [5.41, 5.74) is 4.17. The number of hydrogen-bond acceptors (Lipinski definition) is 2.